The molecule has 1 amide bonds. The van der Waals surface area contributed by atoms with E-state index in [-0.39, 0.29) is 17.8 Å². The van der Waals surface area contributed by atoms with Gasteiger partial charge in [-0.3, -0.25) is 4.79 Å². The van der Waals surface area contributed by atoms with Gasteiger partial charge in [-0.1, -0.05) is 11.3 Å². The Labute approximate surface area is 105 Å². The van der Waals surface area contributed by atoms with Crippen molar-refractivity contribution in [3.05, 3.63) is 4.88 Å². The number of carbonyl (C=O) groups excluding carboxylic acids is 1. The fourth-order valence-corrected chi connectivity index (χ4v) is 2.07. The molecule has 0 spiro atoms. The Balaban J connectivity index is 2.75. The number of methoxy groups -OCH3 is 1. The molecule has 96 valence electrons. The van der Waals surface area contributed by atoms with Crippen molar-refractivity contribution in [2.75, 3.05) is 38.4 Å². The summed E-state index contributed by atoms with van der Waals surface area (Å²) in [4.78, 5) is 18.3. The number of hydrogen-bond donors (Lipinski definition) is 2. The lowest BCUT2D eigenvalue weighted by atomic mass is 10.3. The quantitative estimate of drug-likeness (QED) is 0.806. The molecule has 0 saturated carbocycles. The van der Waals surface area contributed by atoms with Crippen LogP contribution < -0.4 is 16.0 Å². The predicted octanol–water partition coefficient (Wildman–Crippen LogP) is 0.556. The van der Waals surface area contributed by atoms with E-state index in [0.717, 1.165) is 0 Å². The van der Waals surface area contributed by atoms with E-state index in [1.54, 1.807) is 7.11 Å². The second-order valence-electron chi connectivity index (χ2n) is 3.94. The number of anilines is 2. The van der Waals surface area contributed by atoms with Gasteiger partial charge in [0.25, 0.3) is 5.91 Å². The maximum atomic E-state index is 11.9. The molecule has 0 radical (unpaired) electrons. The van der Waals surface area contributed by atoms with Crippen molar-refractivity contribution in [3.63, 3.8) is 0 Å². The maximum Gasteiger partial charge on any atom is 0.265 e. The molecule has 0 aromatic carbocycles. The zero-order valence-corrected chi connectivity index (χ0v) is 11.3. The maximum absolute atomic E-state index is 11.9. The Bertz CT molecular complexity index is 392. The minimum Gasteiger partial charge on any atom is -0.383 e. The van der Waals surface area contributed by atoms with Gasteiger partial charge in [0.05, 0.1) is 6.61 Å². The van der Waals surface area contributed by atoms with Gasteiger partial charge in [0.2, 0.25) is 0 Å². The third-order valence-electron chi connectivity index (χ3n) is 2.03. The lowest BCUT2D eigenvalue weighted by molar-refractivity contribution is 0.0910. The molecule has 1 aromatic heterocycles. The van der Waals surface area contributed by atoms with Gasteiger partial charge in [-0.05, 0) is 6.92 Å². The summed E-state index contributed by atoms with van der Waals surface area (Å²) >= 11 is 1.27. The third kappa shape index (κ3) is 3.57. The van der Waals surface area contributed by atoms with E-state index >= 15 is 0 Å². The van der Waals surface area contributed by atoms with Crippen molar-refractivity contribution < 1.29 is 9.53 Å². The van der Waals surface area contributed by atoms with Crippen LogP contribution in [0.3, 0.4) is 0 Å². The SMILES string of the molecule is COCC(C)NC(=O)c1sc(N(C)C)nc1N. The van der Waals surface area contributed by atoms with Crippen LogP contribution in [0.5, 0.6) is 0 Å². The molecule has 7 heteroatoms. The second kappa shape index (κ2) is 5.83. The first-order valence-electron chi connectivity index (χ1n) is 5.19. The molecule has 1 heterocycles. The molecule has 6 nitrogen and oxygen atoms in total. The summed E-state index contributed by atoms with van der Waals surface area (Å²) in [5, 5.41) is 3.51. The lowest BCUT2D eigenvalue weighted by Gasteiger charge is -2.11. The molecule has 0 bridgehead atoms. The number of nitrogens with one attached hydrogen (secondary N) is 1. The minimum absolute atomic E-state index is 0.0585. The smallest absolute Gasteiger partial charge is 0.265 e. The monoisotopic (exact) mass is 258 g/mol. The molecule has 0 fully saturated rings. The number of rotatable bonds is 5. The molecular formula is C10H18N4O2S. The standard InChI is InChI=1S/C10H18N4O2S/c1-6(5-16-4)12-9(15)7-8(11)13-10(17-7)14(2)3/h6H,5,11H2,1-4H3,(H,12,15). The molecule has 1 rings (SSSR count). The third-order valence-corrected chi connectivity index (χ3v) is 3.26. The number of amides is 1. The topological polar surface area (TPSA) is 80.5 Å². The number of hydrogen-bond acceptors (Lipinski definition) is 6. The van der Waals surface area contributed by atoms with Gasteiger partial charge in [-0.2, -0.15) is 0 Å². The van der Waals surface area contributed by atoms with Gasteiger partial charge in [-0.25, -0.2) is 4.98 Å². The highest BCUT2D eigenvalue weighted by molar-refractivity contribution is 7.18. The number of nitrogen functional groups attached to an aromatic ring is 1. The molecule has 0 aliphatic carbocycles. The Hall–Kier alpha value is -1.34. The van der Waals surface area contributed by atoms with Crippen LogP contribution in [0.15, 0.2) is 0 Å². The highest BCUT2D eigenvalue weighted by atomic mass is 32.1. The summed E-state index contributed by atoms with van der Waals surface area (Å²) in [6, 6.07) is -0.0585. The normalized spacial score (nSPS) is 12.2. The Morgan fingerprint density at radius 2 is 2.29 bits per heavy atom. The largest absolute Gasteiger partial charge is 0.383 e. The van der Waals surface area contributed by atoms with Crippen molar-refractivity contribution >= 4 is 28.2 Å². The summed E-state index contributed by atoms with van der Waals surface area (Å²) in [7, 11) is 5.30. The van der Waals surface area contributed by atoms with E-state index in [1.165, 1.54) is 11.3 Å². The van der Waals surface area contributed by atoms with E-state index in [1.807, 2.05) is 25.9 Å². The first-order chi connectivity index (χ1) is 7.95. The van der Waals surface area contributed by atoms with E-state index in [0.29, 0.717) is 16.6 Å². The van der Waals surface area contributed by atoms with Crippen LogP contribution in [0, 0.1) is 0 Å². The highest BCUT2D eigenvalue weighted by Gasteiger charge is 2.18. The van der Waals surface area contributed by atoms with E-state index in [9.17, 15) is 4.79 Å². The minimum atomic E-state index is -0.211. The van der Waals surface area contributed by atoms with Gasteiger partial charge in [0.1, 0.15) is 10.7 Å². The molecule has 0 saturated heterocycles. The summed E-state index contributed by atoms with van der Waals surface area (Å²) in [6.07, 6.45) is 0. The van der Waals surface area contributed by atoms with Crippen LogP contribution >= 0.6 is 11.3 Å². The number of aromatic nitrogens is 1. The zero-order valence-electron chi connectivity index (χ0n) is 10.5. The van der Waals surface area contributed by atoms with Crippen molar-refractivity contribution in [2.24, 2.45) is 0 Å². The lowest BCUT2D eigenvalue weighted by Crippen LogP contribution is -2.35. The van der Waals surface area contributed by atoms with Crippen LogP contribution in [0.2, 0.25) is 0 Å². The number of carbonyl (C=O) groups is 1. The van der Waals surface area contributed by atoms with Crippen molar-refractivity contribution in [3.8, 4) is 0 Å². The summed E-state index contributed by atoms with van der Waals surface area (Å²) < 4.78 is 4.95. The number of ether oxygens (including phenoxy) is 1. The molecule has 1 aromatic rings. The average molecular weight is 258 g/mol. The van der Waals surface area contributed by atoms with Crippen LogP contribution in [-0.2, 0) is 4.74 Å². The van der Waals surface area contributed by atoms with Crippen LogP contribution in [0.1, 0.15) is 16.6 Å². The number of thiazole rings is 1. The Morgan fingerprint density at radius 1 is 1.65 bits per heavy atom. The van der Waals surface area contributed by atoms with E-state index in [4.69, 9.17) is 10.5 Å². The van der Waals surface area contributed by atoms with Gasteiger partial charge >= 0.3 is 0 Å². The van der Waals surface area contributed by atoms with Crippen LogP contribution in [0.25, 0.3) is 0 Å². The summed E-state index contributed by atoms with van der Waals surface area (Å²) in [6.45, 7) is 2.33. The molecule has 3 N–H and O–H groups in total. The van der Waals surface area contributed by atoms with Crippen molar-refractivity contribution in [1.82, 2.24) is 10.3 Å². The van der Waals surface area contributed by atoms with Crippen molar-refractivity contribution in [1.29, 1.82) is 0 Å². The molecule has 1 atom stereocenters. The van der Waals surface area contributed by atoms with Gasteiger partial charge in [-0.15, -0.1) is 0 Å². The first-order valence-corrected chi connectivity index (χ1v) is 6.00. The van der Waals surface area contributed by atoms with Gasteiger partial charge < -0.3 is 20.7 Å². The predicted molar refractivity (Wildman–Crippen MR) is 69.7 cm³/mol. The van der Waals surface area contributed by atoms with E-state index in [2.05, 4.69) is 10.3 Å². The second-order valence-corrected chi connectivity index (χ2v) is 4.91. The van der Waals surface area contributed by atoms with Crippen molar-refractivity contribution in [2.45, 2.75) is 13.0 Å². The van der Waals surface area contributed by atoms with Gasteiger partial charge in [0.15, 0.2) is 5.13 Å². The Morgan fingerprint density at radius 3 is 2.76 bits per heavy atom. The van der Waals surface area contributed by atoms with Crippen LogP contribution in [0.4, 0.5) is 10.9 Å². The summed E-state index contributed by atoms with van der Waals surface area (Å²) in [5.41, 5.74) is 5.71. The Kier molecular flexibility index (Phi) is 4.71. The van der Waals surface area contributed by atoms with E-state index < -0.39 is 0 Å². The number of nitrogens with two attached hydrogens (primary N) is 1. The first kappa shape index (κ1) is 13.7. The molecular weight excluding hydrogens is 240 g/mol. The number of nitrogens with zero attached hydrogens (tertiary/aromatic N) is 2. The van der Waals surface area contributed by atoms with Crippen LogP contribution in [-0.4, -0.2) is 44.7 Å². The van der Waals surface area contributed by atoms with Gasteiger partial charge in [0, 0.05) is 27.2 Å². The molecule has 0 aliphatic heterocycles. The molecule has 0 aliphatic rings. The fraction of sp³-hybridized carbons (Fsp3) is 0.600. The molecule has 17 heavy (non-hydrogen) atoms. The summed E-state index contributed by atoms with van der Waals surface area (Å²) in [5.74, 6) is 0.0541. The fourth-order valence-electron chi connectivity index (χ4n) is 1.26. The zero-order chi connectivity index (χ0) is 13.0. The highest BCUT2D eigenvalue weighted by Crippen LogP contribution is 2.26. The average Bonchev–Trinajstić information content (AvgIpc) is 2.60. The molecule has 1 unspecified atom stereocenters.